The average molecular weight is 208 g/mol. The van der Waals surface area contributed by atoms with Gasteiger partial charge in [-0.25, -0.2) is 4.39 Å². The van der Waals surface area contributed by atoms with Gasteiger partial charge in [0.1, 0.15) is 6.17 Å². The molecule has 1 aromatic carbocycles. The van der Waals surface area contributed by atoms with Gasteiger partial charge in [0.2, 0.25) is 0 Å². The van der Waals surface area contributed by atoms with Crippen LogP contribution in [0.25, 0.3) is 0 Å². The molecule has 15 heavy (non-hydrogen) atoms. The second-order valence-electron chi connectivity index (χ2n) is 4.23. The molecule has 2 unspecified atom stereocenters. The largest absolute Gasteiger partial charge is 0.247 e. The molecule has 0 aromatic heterocycles. The highest BCUT2D eigenvalue weighted by Gasteiger charge is 2.19. The topological polar surface area (TPSA) is 0 Å². The van der Waals surface area contributed by atoms with Crippen molar-refractivity contribution in [3.05, 3.63) is 35.4 Å². The van der Waals surface area contributed by atoms with E-state index in [1.54, 1.807) is 0 Å². The van der Waals surface area contributed by atoms with Crippen molar-refractivity contribution in [1.82, 2.24) is 0 Å². The van der Waals surface area contributed by atoms with Crippen LogP contribution in [0.15, 0.2) is 24.3 Å². The number of halogens is 1. The van der Waals surface area contributed by atoms with Gasteiger partial charge in [0.05, 0.1) is 0 Å². The highest BCUT2D eigenvalue weighted by Crippen LogP contribution is 2.28. The van der Waals surface area contributed by atoms with Gasteiger partial charge in [-0.2, -0.15) is 0 Å². The lowest BCUT2D eigenvalue weighted by Crippen LogP contribution is -2.13. The highest BCUT2D eigenvalue weighted by molar-refractivity contribution is 5.25. The van der Waals surface area contributed by atoms with E-state index in [4.69, 9.17) is 0 Å². The second kappa shape index (κ2) is 5.89. The summed E-state index contributed by atoms with van der Waals surface area (Å²) < 4.78 is 13.8. The Morgan fingerprint density at radius 3 is 2.20 bits per heavy atom. The molecule has 0 bridgehead atoms. The minimum atomic E-state index is -0.701. The van der Waals surface area contributed by atoms with Crippen LogP contribution in [0.5, 0.6) is 0 Å². The molecule has 1 rings (SSSR count). The van der Waals surface area contributed by atoms with Gasteiger partial charge in [-0.05, 0) is 25.3 Å². The number of hydrogen-bond donors (Lipinski definition) is 0. The summed E-state index contributed by atoms with van der Waals surface area (Å²) in [6, 6.07) is 8.27. The third-order valence-electron chi connectivity index (χ3n) is 2.93. The van der Waals surface area contributed by atoms with E-state index < -0.39 is 6.17 Å². The van der Waals surface area contributed by atoms with Crippen LogP contribution in [-0.2, 0) is 0 Å². The van der Waals surface area contributed by atoms with E-state index in [0.29, 0.717) is 6.42 Å². The second-order valence-corrected chi connectivity index (χ2v) is 4.23. The lowest BCUT2D eigenvalue weighted by Gasteiger charge is -2.20. The first-order valence-electron chi connectivity index (χ1n) is 5.89. The zero-order valence-corrected chi connectivity index (χ0v) is 9.96. The Morgan fingerprint density at radius 1 is 1.13 bits per heavy atom. The van der Waals surface area contributed by atoms with Gasteiger partial charge >= 0.3 is 0 Å². The molecule has 0 radical (unpaired) electrons. The predicted molar refractivity (Wildman–Crippen MR) is 64.0 cm³/mol. The first kappa shape index (κ1) is 12.2. The molecule has 1 heteroatoms. The highest BCUT2D eigenvalue weighted by atomic mass is 19.1. The van der Waals surface area contributed by atoms with Crippen LogP contribution in [0.1, 0.15) is 50.2 Å². The molecule has 84 valence electrons. The quantitative estimate of drug-likeness (QED) is 0.662. The summed E-state index contributed by atoms with van der Waals surface area (Å²) in [4.78, 5) is 0. The number of benzene rings is 1. The molecule has 0 heterocycles. The van der Waals surface area contributed by atoms with E-state index in [-0.39, 0.29) is 5.92 Å². The van der Waals surface area contributed by atoms with Crippen molar-refractivity contribution < 1.29 is 4.39 Å². The lowest BCUT2D eigenvalue weighted by molar-refractivity contribution is 0.262. The maximum absolute atomic E-state index is 13.8. The zero-order valence-electron chi connectivity index (χ0n) is 9.96. The Balaban J connectivity index is 2.83. The Hall–Kier alpha value is -0.850. The van der Waals surface area contributed by atoms with Crippen LogP contribution in [0, 0.1) is 6.92 Å². The molecule has 0 amide bonds. The summed E-state index contributed by atoms with van der Waals surface area (Å²) in [5.74, 6) is 0.0839. The van der Waals surface area contributed by atoms with Crippen molar-refractivity contribution in [2.75, 3.05) is 0 Å². The van der Waals surface area contributed by atoms with Crippen LogP contribution < -0.4 is 0 Å². The van der Waals surface area contributed by atoms with Crippen LogP contribution >= 0.6 is 0 Å². The first-order valence-corrected chi connectivity index (χ1v) is 5.89. The van der Waals surface area contributed by atoms with Gasteiger partial charge in [-0.1, -0.05) is 50.1 Å². The Labute approximate surface area is 92.5 Å². The fourth-order valence-corrected chi connectivity index (χ4v) is 1.97. The normalized spacial score (nSPS) is 14.9. The SMILES string of the molecule is CCCC(c1ccc(C)cc1)C(F)CC. The Kier molecular flexibility index (Phi) is 4.80. The molecule has 0 aliphatic heterocycles. The van der Waals surface area contributed by atoms with E-state index in [2.05, 4.69) is 38.1 Å². The molecule has 0 fully saturated rings. The van der Waals surface area contributed by atoms with E-state index in [1.165, 1.54) is 5.56 Å². The molecule has 0 aliphatic carbocycles. The van der Waals surface area contributed by atoms with Gasteiger partial charge in [0, 0.05) is 5.92 Å². The van der Waals surface area contributed by atoms with E-state index in [1.807, 2.05) is 6.92 Å². The third kappa shape index (κ3) is 3.33. The monoisotopic (exact) mass is 208 g/mol. The third-order valence-corrected chi connectivity index (χ3v) is 2.93. The standard InChI is InChI=1S/C14H21F/c1-4-6-13(14(15)5-2)12-9-7-11(3)8-10-12/h7-10,13-14H,4-6H2,1-3H3. The Bertz CT molecular complexity index is 276. The molecule has 2 atom stereocenters. The summed E-state index contributed by atoms with van der Waals surface area (Å²) in [7, 11) is 0. The lowest BCUT2D eigenvalue weighted by atomic mass is 9.88. The molecule has 0 aliphatic rings. The van der Waals surface area contributed by atoms with E-state index in [0.717, 1.165) is 18.4 Å². The number of hydrogen-bond acceptors (Lipinski definition) is 0. The average Bonchev–Trinajstić information content (AvgIpc) is 2.26. The van der Waals surface area contributed by atoms with Crippen LogP contribution in [0.4, 0.5) is 4.39 Å². The minimum Gasteiger partial charge on any atom is -0.247 e. The number of alkyl halides is 1. The van der Waals surface area contributed by atoms with Crippen LogP contribution in [-0.4, -0.2) is 6.17 Å². The minimum absolute atomic E-state index is 0.0839. The molecular weight excluding hydrogens is 187 g/mol. The molecule has 0 saturated heterocycles. The maximum atomic E-state index is 13.8. The van der Waals surface area contributed by atoms with Crippen LogP contribution in [0.3, 0.4) is 0 Å². The smallest absolute Gasteiger partial charge is 0.107 e. The summed E-state index contributed by atoms with van der Waals surface area (Å²) >= 11 is 0. The molecular formula is C14H21F. The van der Waals surface area contributed by atoms with Gasteiger partial charge in [0.15, 0.2) is 0 Å². The van der Waals surface area contributed by atoms with Gasteiger partial charge in [0.25, 0.3) is 0 Å². The van der Waals surface area contributed by atoms with Crippen molar-refractivity contribution >= 4 is 0 Å². The molecule has 0 N–H and O–H groups in total. The zero-order chi connectivity index (χ0) is 11.3. The first-order chi connectivity index (χ1) is 7.19. The summed E-state index contributed by atoms with van der Waals surface area (Å²) in [6.07, 6.45) is 1.89. The Morgan fingerprint density at radius 2 is 1.73 bits per heavy atom. The fraction of sp³-hybridized carbons (Fsp3) is 0.571. The van der Waals surface area contributed by atoms with E-state index in [9.17, 15) is 4.39 Å². The summed E-state index contributed by atoms with van der Waals surface area (Å²) in [5, 5.41) is 0. The van der Waals surface area contributed by atoms with Gasteiger partial charge in [-0.3, -0.25) is 0 Å². The molecule has 0 nitrogen and oxygen atoms in total. The number of aryl methyl sites for hydroxylation is 1. The van der Waals surface area contributed by atoms with Gasteiger partial charge in [-0.15, -0.1) is 0 Å². The number of rotatable bonds is 5. The van der Waals surface area contributed by atoms with Crippen molar-refractivity contribution in [1.29, 1.82) is 0 Å². The summed E-state index contributed by atoms with van der Waals surface area (Å²) in [6.45, 7) is 6.09. The van der Waals surface area contributed by atoms with Crippen molar-refractivity contribution in [3.63, 3.8) is 0 Å². The molecule has 0 spiro atoms. The van der Waals surface area contributed by atoms with Gasteiger partial charge < -0.3 is 0 Å². The maximum Gasteiger partial charge on any atom is 0.107 e. The predicted octanol–water partition coefficient (Wildman–Crippen LogP) is 4.63. The van der Waals surface area contributed by atoms with Crippen LogP contribution in [0.2, 0.25) is 0 Å². The van der Waals surface area contributed by atoms with Crippen molar-refractivity contribution in [2.24, 2.45) is 0 Å². The summed E-state index contributed by atoms with van der Waals surface area (Å²) in [5.41, 5.74) is 2.39. The molecule has 0 saturated carbocycles. The molecule has 1 aromatic rings. The fourth-order valence-electron chi connectivity index (χ4n) is 1.97. The van der Waals surface area contributed by atoms with E-state index >= 15 is 0 Å². The van der Waals surface area contributed by atoms with Crippen molar-refractivity contribution in [2.45, 2.75) is 52.1 Å². The van der Waals surface area contributed by atoms with Crippen molar-refractivity contribution in [3.8, 4) is 0 Å².